The predicted octanol–water partition coefficient (Wildman–Crippen LogP) is 12.4. The number of hydrogen-bond donors (Lipinski definition) is 0. The molecule has 0 fully saturated rings. The average Bonchev–Trinajstić information content (AvgIpc) is 3.71. The van der Waals surface area contributed by atoms with E-state index >= 15 is 0 Å². The standard InChI is InChI=1S/C22H21Si.C21H17.2CH3.Si.Zr/c1-23(2,3)18-14-17-10-7-13-21(22(17)15-18)20-12-6-9-16-8-4-5-11-19(16)20;1-14-12-20-15(2)10-11-19(21(20)13-14)18-9-5-7-16-6-3-4-8-17(16)18;;;;/h4-15H,1-3H3;3-13H,1-2H3;2*1H3;;/q4*-1;;. The summed E-state index contributed by atoms with van der Waals surface area (Å²) in [5, 5.41) is 12.3. The first-order chi connectivity index (χ1) is 22.3. The molecule has 0 aromatic heterocycles. The normalized spacial score (nSPS) is 10.8. The third kappa shape index (κ3) is 7.35. The fourth-order valence-electron chi connectivity index (χ4n) is 6.65. The van der Waals surface area contributed by atoms with Crippen molar-refractivity contribution in [1.29, 1.82) is 0 Å². The molecule has 3 heteroatoms. The van der Waals surface area contributed by atoms with Gasteiger partial charge in [0, 0.05) is 0 Å². The fraction of sp³-hybridized carbons (Fsp3) is 0.111. The zero-order valence-electron chi connectivity index (χ0n) is 29.3. The number of aryl methyl sites for hydroxylation is 2. The summed E-state index contributed by atoms with van der Waals surface area (Å²) in [6.45, 7) is 14.7. The summed E-state index contributed by atoms with van der Waals surface area (Å²) >= 11 is 1.36. The van der Waals surface area contributed by atoms with Gasteiger partial charge in [0.2, 0.25) is 0 Å². The molecule has 8 aromatic carbocycles. The monoisotopic (exact) mass is 730 g/mol. The Morgan fingerprint density at radius 2 is 0.979 bits per heavy atom. The van der Waals surface area contributed by atoms with Crippen LogP contribution in [0.25, 0.3) is 65.3 Å². The van der Waals surface area contributed by atoms with E-state index in [9.17, 15) is 0 Å². The Balaban J connectivity index is 0.000000199. The molecule has 0 N–H and O–H groups in total. The van der Waals surface area contributed by atoms with Gasteiger partial charge in [-0.1, -0.05) is 142 Å². The molecule has 240 valence electrons. The van der Waals surface area contributed by atoms with E-state index in [1.165, 1.54) is 99.8 Å². The molecule has 0 spiro atoms. The third-order valence-corrected chi connectivity index (χ3v) is 11.0. The first-order valence-corrected chi connectivity index (χ1v) is 23.5. The van der Waals surface area contributed by atoms with Crippen molar-refractivity contribution in [3.05, 3.63) is 166 Å². The number of fused-ring (bicyclic) bond motifs is 4. The molecule has 0 atom stereocenters. The van der Waals surface area contributed by atoms with Crippen LogP contribution in [-0.2, 0) is 23.3 Å². The van der Waals surface area contributed by atoms with E-state index in [-0.39, 0.29) is 14.9 Å². The van der Waals surface area contributed by atoms with Gasteiger partial charge in [-0.15, -0.1) is 68.2 Å². The third-order valence-electron chi connectivity index (χ3n) is 9.03. The van der Waals surface area contributed by atoms with Gasteiger partial charge in [0.15, 0.2) is 0 Å². The van der Waals surface area contributed by atoms with E-state index in [1.807, 2.05) is 0 Å². The minimum absolute atomic E-state index is 0. The molecule has 48 heavy (non-hydrogen) atoms. The second-order valence-corrected chi connectivity index (χ2v) is 18.2. The molecule has 0 heterocycles. The van der Waals surface area contributed by atoms with Gasteiger partial charge in [0.1, 0.15) is 0 Å². The number of benzene rings is 6. The summed E-state index contributed by atoms with van der Waals surface area (Å²) in [6, 6.07) is 51.1. The molecule has 0 aliphatic carbocycles. The zero-order valence-corrected chi connectivity index (χ0v) is 33.7. The summed E-state index contributed by atoms with van der Waals surface area (Å²) in [6.07, 6.45) is 0. The molecule has 0 unspecified atom stereocenters. The molecule has 0 amide bonds. The van der Waals surface area contributed by atoms with E-state index in [0.717, 1.165) is 0 Å². The van der Waals surface area contributed by atoms with Gasteiger partial charge in [-0.3, -0.25) is 0 Å². The summed E-state index contributed by atoms with van der Waals surface area (Å²) in [5.41, 5.74) is 8.03. The van der Waals surface area contributed by atoms with Crippen molar-refractivity contribution < 1.29 is 23.3 Å². The summed E-state index contributed by atoms with van der Waals surface area (Å²) in [7, 11) is -1.29. The second kappa shape index (κ2) is 15.7. The Hall–Kier alpha value is -3.62. The summed E-state index contributed by atoms with van der Waals surface area (Å²) in [5.74, 6) is 0. The predicted molar refractivity (Wildman–Crippen MR) is 216 cm³/mol. The van der Waals surface area contributed by atoms with Gasteiger partial charge in [-0.25, -0.2) is 0 Å². The SMILES string of the molecule is C[Si](C)(C)c1cc2c(-c3cccc4ccccc34)cccc2[cH-]1.Cc1cc2c(-c3cccc4ccccc34)ccc(C)c2[cH-]1.[CH3-].[CH3-].[Si]=[Zr]. The fourth-order valence-corrected chi connectivity index (χ4v) is 7.81. The molecule has 0 nitrogen and oxygen atoms in total. The van der Waals surface area contributed by atoms with Gasteiger partial charge < -0.3 is 14.9 Å². The molecule has 8 aromatic rings. The molecule has 0 saturated heterocycles. The maximum absolute atomic E-state index is 3.06. The quantitative estimate of drug-likeness (QED) is 0.125. The van der Waals surface area contributed by atoms with Crippen LogP contribution < -0.4 is 5.19 Å². The summed E-state index contributed by atoms with van der Waals surface area (Å²) < 4.78 is 0. The van der Waals surface area contributed by atoms with E-state index in [4.69, 9.17) is 0 Å². The molecule has 0 saturated carbocycles. The Labute approximate surface area is 305 Å². The van der Waals surface area contributed by atoms with Crippen molar-refractivity contribution in [3.8, 4) is 22.3 Å². The van der Waals surface area contributed by atoms with Crippen LogP contribution in [0, 0.1) is 28.7 Å². The van der Waals surface area contributed by atoms with Crippen molar-refractivity contribution >= 4 is 63.2 Å². The molecule has 0 aliphatic heterocycles. The van der Waals surface area contributed by atoms with E-state index in [0.29, 0.717) is 0 Å². The van der Waals surface area contributed by atoms with Gasteiger partial charge in [-0.2, -0.15) is 12.1 Å². The Kier molecular flexibility index (Phi) is 12.2. The van der Waals surface area contributed by atoms with Crippen LogP contribution >= 0.6 is 0 Å². The first kappa shape index (κ1) is 37.2. The summed E-state index contributed by atoms with van der Waals surface area (Å²) in [4.78, 5) is 0. The average molecular weight is 732 g/mol. The van der Waals surface area contributed by atoms with Crippen molar-refractivity contribution in [1.82, 2.24) is 0 Å². The van der Waals surface area contributed by atoms with Crippen LogP contribution in [-0.4, -0.2) is 15.0 Å². The van der Waals surface area contributed by atoms with Crippen LogP contribution in [0.1, 0.15) is 11.1 Å². The van der Waals surface area contributed by atoms with Crippen molar-refractivity contribution in [3.63, 3.8) is 0 Å². The van der Waals surface area contributed by atoms with Crippen LogP contribution in [0.15, 0.2) is 140 Å². The molecule has 0 bridgehead atoms. The Bertz CT molecular complexity index is 2300. The van der Waals surface area contributed by atoms with E-state index < -0.39 is 8.07 Å². The van der Waals surface area contributed by atoms with Crippen molar-refractivity contribution in [2.24, 2.45) is 0 Å². The molecular weight excluding hydrogens is 688 g/mol. The molecule has 2 radical (unpaired) electrons. The van der Waals surface area contributed by atoms with Crippen LogP contribution in [0.3, 0.4) is 0 Å². The molecule has 0 aliphatic rings. The molecule has 8 rings (SSSR count). The van der Waals surface area contributed by atoms with Gasteiger partial charge in [0.25, 0.3) is 0 Å². The maximum atomic E-state index is 3.06. The van der Waals surface area contributed by atoms with Crippen molar-refractivity contribution in [2.75, 3.05) is 0 Å². The van der Waals surface area contributed by atoms with E-state index in [1.54, 1.807) is 5.19 Å². The van der Waals surface area contributed by atoms with Gasteiger partial charge in [-0.05, 0) is 32.7 Å². The topological polar surface area (TPSA) is 0 Å². The number of hydrogen-bond acceptors (Lipinski definition) is 0. The first-order valence-electron chi connectivity index (χ1n) is 15.9. The Morgan fingerprint density at radius 3 is 1.54 bits per heavy atom. The van der Waals surface area contributed by atoms with Crippen LogP contribution in [0.5, 0.6) is 0 Å². The van der Waals surface area contributed by atoms with Crippen molar-refractivity contribution in [2.45, 2.75) is 33.5 Å². The molecular formula is C45H44Si2Zr-4. The Morgan fingerprint density at radius 1 is 0.500 bits per heavy atom. The van der Waals surface area contributed by atoms with Gasteiger partial charge >= 0.3 is 30.2 Å². The van der Waals surface area contributed by atoms with Crippen LogP contribution in [0.2, 0.25) is 19.6 Å². The second-order valence-electron chi connectivity index (χ2n) is 13.1. The van der Waals surface area contributed by atoms with Gasteiger partial charge in [0.05, 0.1) is 8.07 Å². The minimum atomic E-state index is -1.29. The van der Waals surface area contributed by atoms with E-state index in [2.05, 4.69) is 180 Å². The van der Waals surface area contributed by atoms with Crippen LogP contribution in [0.4, 0.5) is 0 Å². The number of rotatable bonds is 3. The zero-order chi connectivity index (χ0) is 32.4.